The van der Waals surface area contributed by atoms with Gasteiger partial charge in [0.1, 0.15) is 11.3 Å². The summed E-state index contributed by atoms with van der Waals surface area (Å²) in [6, 6.07) is 11.1. The van der Waals surface area contributed by atoms with Gasteiger partial charge in [0.2, 0.25) is 6.41 Å². The third-order valence-electron chi connectivity index (χ3n) is 7.12. The first-order chi connectivity index (χ1) is 19.9. The number of unbranched alkanes of at least 4 members (excludes halogenated alkanes) is 1. The fourth-order valence-corrected chi connectivity index (χ4v) is 4.80. The number of aromatic nitrogens is 3. The number of carbonyl (C=O) groups excluding carboxylic acids is 1. The van der Waals surface area contributed by atoms with Crippen LogP contribution in [-0.2, 0) is 27.9 Å². The van der Waals surface area contributed by atoms with Crippen LogP contribution in [-0.4, -0.2) is 55.8 Å². The van der Waals surface area contributed by atoms with Gasteiger partial charge in [0.15, 0.2) is 17.3 Å². The van der Waals surface area contributed by atoms with E-state index in [9.17, 15) is 15.0 Å². The number of nitrogens with one attached hydrogen (secondary N) is 1. The summed E-state index contributed by atoms with van der Waals surface area (Å²) >= 11 is 5.00. The van der Waals surface area contributed by atoms with Gasteiger partial charge in [-0.05, 0) is 44.0 Å². The first-order valence-electron chi connectivity index (χ1n) is 14.3. The van der Waals surface area contributed by atoms with Gasteiger partial charge in [-0.25, -0.2) is 9.97 Å². The summed E-state index contributed by atoms with van der Waals surface area (Å²) in [5, 5.41) is 24.4. The number of ether oxygens (including phenoxy) is 1. The molecule has 0 fully saturated rings. The van der Waals surface area contributed by atoms with Crippen LogP contribution in [0, 0.1) is 0 Å². The summed E-state index contributed by atoms with van der Waals surface area (Å²) in [4.78, 5) is 20.4. The number of nitrogen functional groups attached to an aromatic ring is 1. The Kier molecular flexibility index (Phi) is 11.0. The van der Waals surface area contributed by atoms with E-state index in [4.69, 9.17) is 27.1 Å². The van der Waals surface area contributed by atoms with E-state index in [1.54, 1.807) is 12.1 Å². The van der Waals surface area contributed by atoms with Crippen LogP contribution < -0.4 is 11.1 Å². The molecule has 0 atom stereocenters. The Morgan fingerprint density at radius 1 is 1.10 bits per heavy atom. The minimum absolute atomic E-state index is 0.141. The van der Waals surface area contributed by atoms with Crippen LogP contribution in [0.1, 0.15) is 71.3 Å². The van der Waals surface area contributed by atoms with Crippen molar-refractivity contribution < 1.29 is 19.7 Å². The molecule has 42 heavy (non-hydrogen) atoms. The highest BCUT2D eigenvalue weighted by molar-refractivity contribution is 6.17. The number of phenols is 2. The van der Waals surface area contributed by atoms with Crippen molar-refractivity contribution >= 4 is 45.8 Å². The van der Waals surface area contributed by atoms with Gasteiger partial charge in [-0.2, -0.15) is 0 Å². The number of pyridine rings is 1. The number of anilines is 1. The van der Waals surface area contributed by atoms with Crippen LogP contribution in [0.2, 0.25) is 0 Å². The molecule has 10 heteroatoms. The van der Waals surface area contributed by atoms with E-state index in [-0.39, 0.29) is 16.9 Å². The second kappa shape index (κ2) is 14.1. The maximum atomic E-state index is 10.9. The van der Waals surface area contributed by atoms with E-state index >= 15 is 0 Å². The summed E-state index contributed by atoms with van der Waals surface area (Å²) in [6.45, 7) is 13.2. The number of nitrogens with zero attached hydrogens (tertiary/aromatic N) is 3. The molecule has 4 rings (SSSR count). The lowest BCUT2D eigenvalue weighted by atomic mass is 9.84. The number of hydrogen-bond acceptors (Lipinski definition) is 7. The SMILES string of the molecule is CCCCc1nc2c(N)nc3ccc(C(C)(C)COCC(C)(C)NC=O)cc3c2n1Cc1cccc(O)c1O.CCCl. The molecule has 2 aromatic heterocycles. The van der Waals surface area contributed by atoms with E-state index < -0.39 is 5.54 Å². The van der Waals surface area contributed by atoms with Crippen molar-refractivity contribution in [1.82, 2.24) is 19.9 Å². The minimum Gasteiger partial charge on any atom is -0.504 e. The molecule has 0 aliphatic carbocycles. The number of fused-ring (bicyclic) bond motifs is 3. The lowest BCUT2D eigenvalue weighted by Gasteiger charge is -2.29. The molecule has 4 aromatic rings. The number of rotatable bonds is 12. The van der Waals surface area contributed by atoms with E-state index in [0.29, 0.717) is 43.1 Å². The number of carbonyl (C=O) groups is 1. The second-order valence-electron chi connectivity index (χ2n) is 11.7. The Labute approximate surface area is 253 Å². The summed E-state index contributed by atoms with van der Waals surface area (Å²) < 4.78 is 8.12. The van der Waals surface area contributed by atoms with Crippen LogP contribution in [0.3, 0.4) is 0 Å². The fourth-order valence-electron chi connectivity index (χ4n) is 4.80. The number of aromatic hydroxyl groups is 2. The molecule has 0 unspecified atom stereocenters. The van der Waals surface area contributed by atoms with Gasteiger partial charge in [-0.3, -0.25) is 4.79 Å². The minimum atomic E-state index is -0.465. The normalized spacial score (nSPS) is 11.9. The van der Waals surface area contributed by atoms with E-state index in [1.165, 1.54) is 6.07 Å². The molecule has 0 bridgehead atoms. The molecule has 0 saturated carbocycles. The first kappa shape index (κ1) is 32.9. The average Bonchev–Trinajstić information content (AvgIpc) is 3.29. The zero-order chi connectivity index (χ0) is 31.1. The van der Waals surface area contributed by atoms with E-state index in [1.807, 2.05) is 32.9 Å². The number of phenolic OH excluding ortho intramolecular Hbond substituents is 2. The van der Waals surface area contributed by atoms with E-state index in [2.05, 4.69) is 41.7 Å². The summed E-state index contributed by atoms with van der Waals surface area (Å²) in [5.74, 6) is 1.63. The van der Waals surface area contributed by atoms with Gasteiger partial charge in [0.25, 0.3) is 0 Å². The molecule has 228 valence electrons. The third kappa shape index (κ3) is 7.63. The second-order valence-corrected chi connectivity index (χ2v) is 12.3. The quantitative estimate of drug-likeness (QED) is 0.0889. The van der Waals surface area contributed by atoms with E-state index in [0.717, 1.165) is 52.9 Å². The highest BCUT2D eigenvalue weighted by atomic mass is 35.5. The van der Waals surface area contributed by atoms with Crippen molar-refractivity contribution in [2.45, 2.75) is 78.3 Å². The molecule has 2 aromatic carbocycles. The van der Waals surface area contributed by atoms with Crippen molar-refractivity contribution in [1.29, 1.82) is 0 Å². The van der Waals surface area contributed by atoms with Gasteiger partial charge in [0, 0.05) is 28.7 Å². The summed E-state index contributed by atoms with van der Waals surface area (Å²) in [5.41, 5.74) is 9.49. The van der Waals surface area contributed by atoms with Gasteiger partial charge in [-0.15, -0.1) is 11.6 Å². The third-order valence-corrected chi connectivity index (χ3v) is 7.12. The highest BCUT2D eigenvalue weighted by Crippen LogP contribution is 2.35. The lowest BCUT2D eigenvalue weighted by molar-refractivity contribution is -0.111. The number of aryl methyl sites for hydroxylation is 1. The maximum Gasteiger partial charge on any atom is 0.207 e. The van der Waals surface area contributed by atoms with Crippen molar-refractivity contribution in [3.63, 3.8) is 0 Å². The summed E-state index contributed by atoms with van der Waals surface area (Å²) in [6.07, 6.45) is 3.39. The van der Waals surface area contributed by atoms with Gasteiger partial charge in [0.05, 0.1) is 36.3 Å². The molecule has 0 aliphatic rings. The smallest absolute Gasteiger partial charge is 0.207 e. The maximum absolute atomic E-state index is 10.9. The number of para-hydroxylation sites is 1. The lowest BCUT2D eigenvalue weighted by Crippen LogP contribution is -2.43. The van der Waals surface area contributed by atoms with Gasteiger partial charge in [-0.1, -0.05) is 52.3 Å². The number of benzene rings is 2. The number of hydrogen-bond donors (Lipinski definition) is 4. The van der Waals surface area contributed by atoms with Crippen LogP contribution in [0.4, 0.5) is 5.82 Å². The average molecular weight is 598 g/mol. The number of halogens is 1. The molecule has 0 spiro atoms. The molecular weight excluding hydrogens is 554 g/mol. The van der Waals surface area contributed by atoms with Crippen molar-refractivity contribution in [3.8, 4) is 11.5 Å². The number of amides is 1. The van der Waals surface area contributed by atoms with Crippen LogP contribution >= 0.6 is 11.6 Å². The molecule has 0 radical (unpaired) electrons. The number of imidazole rings is 1. The molecule has 0 saturated heterocycles. The first-order valence-corrected chi connectivity index (χ1v) is 14.9. The van der Waals surface area contributed by atoms with Crippen LogP contribution in [0.25, 0.3) is 21.9 Å². The Morgan fingerprint density at radius 2 is 1.81 bits per heavy atom. The fraction of sp³-hybridized carbons (Fsp3) is 0.469. The molecule has 0 aliphatic heterocycles. The van der Waals surface area contributed by atoms with Crippen molar-refractivity contribution in [2.75, 3.05) is 24.8 Å². The molecule has 9 nitrogen and oxygen atoms in total. The number of alkyl halides is 1. The predicted molar refractivity (Wildman–Crippen MR) is 170 cm³/mol. The topological polar surface area (TPSA) is 136 Å². The van der Waals surface area contributed by atoms with Crippen LogP contribution in [0.15, 0.2) is 36.4 Å². The zero-order valence-electron chi connectivity index (χ0n) is 25.5. The largest absolute Gasteiger partial charge is 0.504 e. The Morgan fingerprint density at radius 3 is 2.48 bits per heavy atom. The number of nitrogens with two attached hydrogens (primary N) is 1. The molecule has 1 amide bonds. The highest BCUT2D eigenvalue weighted by Gasteiger charge is 2.26. The molecular formula is C32H44ClN5O4. The van der Waals surface area contributed by atoms with Crippen molar-refractivity contribution in [3.05, 3.63) is 53.3 Å². The molecule has 5 N–H and O–H groups in total. The van der Waals surface area contributed by atoms with Gasteiger partial charge >= 0.3 is 0 Å². The summed E-state index contributed by atoms with van der Waals surface area (Å²) in [7, 11) is 0. The van der Waals surface area contributed by atoms with Crippen molar-refractivity contribution in [2.24, 2.45) is 0 Å². The monoisotopic (exact) mass is 597 g/mol. The Hall–Kier alpha value is -3.56. The molecule has 2 heterocycles. The Bertz CT molecular complexity index is 1520. The van der Waals surface area contributed by atoms with Crippen LogP contribution in [0.5, 0.6) is 11.5 Å². The standard InChI is InChI=1S/C30H39N5O4.C2H5Cl/c1-6-7-11-24-34-25-26(35(24)15-19-9-8-10-23(37)27(19)38)21-14-20(12-13-22(21)33-28(25)31)29(2,3)16-39-17-30(4,5)32-18-36;1-2-3/h8-10,12-14,18,37-38H,6-7,11,15-17H2,1-5H3,(H2,31,33)(H,32,36);2H2,1H3. The van der Waals surface area contributed by atoms with Gasteiger partial charge < -0.3 is 30.6 Å². The Balaban J connectivity index is 0.00000155. The zero-order valence-corrected chi connectivity index (χ0v) is 26.3. The predicted octanol–water partition coefficient (Wildman–Crippen LogP) is 6.03.